The molecule has 180 valence electrons. The normalized spacial score (nSPS) is 16.8. The molecule has 1 unspecified atom stereocenters. The molecule has 1 aliphatic heterocycles. The molecule has 0 N–H and O–H groups in total. The van der Waals surface area contributed by atoms with Crippen LogP contribution in [0.5, 0.6) is 0 Å². The number of anilines is 1. The summed E-state index contributed by atoms with van der Waals surface area (Å²) in [6.07, 6.45) is 4.47. The van der Waals surface area contributed by atoms with E-state index in [0.29, 0.717) is 25.4 Å². The van der Waals surface area contributed by atoms with Gasteiger partial charge in [0.1, 0.15) is 18.4 Å². The van der Waals surface area contributed by atoms with E-state index >= 15 is 0 Å². The van der Waals surface area contributed by atoms with E-state index < -0.39 is 13.9 Å². The van der Waals surface area contributed by atoms with Crippen molar-refractivity contribution in [1.29, 1.82) is 0 Å². The predicted octanol–water partition coefficient (Wildman–Crippen LogP) is 5.96. The van der Waals surface area contributed by atoms with Crippen LogP contribution in [0.3, 0.4) is 0 Å². The second-order valence-corrected chi connectivity index (χ2v) is 15.9. The number of hydrogen-bond donors (Lipinski definition) is 0. The third-order valence-corrected chi connectivity index (χ3v) is 8.07. The zero-order valence-corrected chi connectivity index (χ0v) is 21.6. The van der Waals surface area contributed by atoms with Crippen LogP contribution in [0.15, 0.2) is 48.8 Å². The van der Waals surface area contributed by atoms with Gasteiger partial charge in [-0.25, -0.2) is 9.07 Å². The van der Waals surface area contributed by atoms with Crippen LogP contribution in [0, 0.1) is 5.82 Å². The highest BCUT2D eigenvalue weighted by atomic mass is 35.5. The van der Waals surface area contributed by atoms with Gasteiger partial charge in [0.25, 0.3) is 0 Å². The topological polar surface area (TPSA) is 60.2 Å². The van der Waals surface area contributed by atoms with Crippen molar-refractivity contribution >= 4 is 31.4 Å². The number of piperidine rings is 1. The van der Waals surface area contributed by atoms with Crippen molar-refractivity contribution in [3.63, 3.8) is 0 Å². The Morgan fingerprint density at radius 1 is 1.18 bits per heavy atom. The van der Waals surface area contributed by atoms with Crippen LogP contribution < -0.4 is 4.90 Å². The van der Waals surface area contributed by atoms with E-state index in [0.717, 1.165) is 29.3 Å². The number of rotatable bonds is 8. The molecule has 1 fully saturated rings. The van der Waals surface area contributed by atoms with Gasteiger partial charge in [-0.1, -0.05) is 37.3 Å². The minimum absolute atomic E-state index is 0.0175. The molecule has 0 spiro atoms. The number of nitrogens with zero attached hydrogens (tertiary/aromatic N) is 4. The van der Waals surface area contributed by atoms with E-state index in [-0.39, 0.29) is 23.6 Å². The number of carbonyl (C=O) groups excluding carboxylic acids is 1. The molecule has 1 aromatic carbocycles. The number of ether oxygens (including phenoxy) is 1. The lowest BCUT2D eigenvalue weighted by molar-refractivity contribution is -0.120. The Hall–Kier alpha value is -2.55. The number of amides is 1. The molecule has 1 aliphatic rings. The van der Waals surface area contributed by atoms with Crippen LogP contribution in [0.2, 0.25) is 30.7 Å². The first-order chi connectivity index (χ1) is 16.2. The van der Waals surface area contributed by atoms with E-state index in [1.807, 2.05) is 18.2 Å². The highest BCUT2D eigenvalue weighted by Crippen LogP contribution is 2.34. The van der Waals surface area contributed by atoms with Crippen LogP contribution in [0.1, 0.15) is 24.3 Å². The Labute approximate surface area is 205 Å². The number of benzene rings is 1. The van der Waals surface area contributed by atoms with Crippen molar-refractivity contribution in [2.24, 2.45) is 0 Å². The number of carbonyl (C=O) groups is 1. The first-order valence-corrected chi connectivity index (χ1v) is 15.6. The average molecular weight is 501 g/mol. The zero-order chi connectivity index (χ0) is 24.3. The van der Waals surface area contributed by atoms with Crippen molar-refractivity contribution in [3.05, 3.63) is 65.2 Å². The molecule has 2 aromatic heterocycles. The molecule has 4 rings (SSSR count). The highest BCUT2D eigenvalue weighted by molar-refractivity contribution is 6.76. The van der Waals surface area contributed by atoms with Gasteiger partial charge in [-0.15, -0.1) is 0 Å². The maximum atomic E-state index is 14.0. The third-order valence-electron chi connectivity index (χ3n) is 6.06. The predicted molar refractivity (Wildman–Crippen MR) is 135 cm³/mol. The molecular weight excluding hydrogens is 471 g/mol. The van der Waals surface area contributed by atoms with Crippen molar-refractivity contribution in [2.45, 2.75) is 51.2 Å². The first-order valence-electron chi connectivity index (χ1n) is 11.5. The van der Waals surface area contributed by atoms with E-state index in [9.17, 15) is 9.18 Å². The number of hydrogen-bond acceptors (Lipinski definition) is 4. The summed E-state index contributed by atoms with van der Waals surface area (Å²) in [5, 5.41) is 4.83. The molecule has 0 radical (unpaired) electrons. The summed E-state index contributed by atoms with van der Waals surface area (Å²) in [5.74, 6) is 0.200. The van der Waals surface area contributed by atoms with Gasteiger partial charge in [0, 0.05) is 51.7 Å². The Kier molecular flexibility index (Phi) is 7.50. The van der Waals surface area contributed by atoms with Gasteiger partial charge in [0.2, 0.25) is 5.91 Å². The van der Waals surface area contributed by atoms with Gasteiger partial charge in [0.15, 0.2) is 0 Å². The largest absolute Gasteiger partial charge is 0.359 e. The van der Waals surface area contributed by atoms with Crippen molar-refractivity contribution < 1.29 is 13.9 Å². The maximum Gasteiger partial charge on any atom is 0.228 e. The summed E-state index contributed by atoms with van der Waals surface area (Å²) in [5.41, 5.74) is 2.49. The molecule has 34 heavy (non-hydrogen) atoms. The maximum absolute atomic E-state index is 14.0. The van der Waals surface area contributed by atoms with Crippen LogP contribution in [-0.4, -0.2) is 41.9 Å². The van der Waals surface area contributed by atoms with Crippen LogP contribution in [0.4, 0.5) is 10.2 Å². The molecule has 6 nitrogen and oxygen atoms in total. The third kappa shape index (κ3) is 5.92. The Bertz CT molecular complexity index is 1150. The minimum atomic E-state index is -1.21. The lowest BCUT2D eigenvalue weighted by atomic mass is 9.89. The molecular formula is C25H30ClFN4O2Si. The van der Waals surface area contributed by atoms with Gasteiger partial charge in [-0.05, 0) is 48.2 Å². The SMILES string of the molecule is C[Si](C)(C)CCOCn1nc(-c2ccncc2)cc1N1CCC(c2ccc(Cl)c(F)c2)CC1=O. The van der Waals surface area contributed by atoms with Gasteiger partial charge in [-0.2, -0.15) is 5.10 Å². The fourth-order valence-corrected chi connectivity index (χ4v) is 4.91. The summed E-state index contributed by atoms with van der Waals surface area (Å²) in [6, 6.07) is 11.6. The summed E-state index contributed by atoms with van der Waals surface area (Å²) in [4.78, 5) is 19.1. The number of halogens is 2. The summed E-state index contributed by atoms with van der Waals surface area (Å²) in [6.45, 7) is 8.40. The highest BCUT2D eigenvalue weighted by Gasteiger charge is 2.30. The van der Waals surface area contributed by atoms with Crippen molar-refractivity contribution in [2.75, 3.05) is 18.1 Å². The summed E-state index contributed by atoms with van der Waals surface area (Å²) >= 11 is 5.83. The molecule has 3 heterocycles. The quantitative estimate of drug-likeness (QED) is 0.283. The number of pyridine rings is 1. The lowest BCUT2D eigenvalue weighted by Gasteiger charge is -2.32. The standard InChI is InChI=1S/C25H30ClFN4O2Si/c1-34(2,3)13-12-33-17-31-24(16-23(29-31)18-6-9-28-10-7-18)30-11-8-20(15-25(30)32)19-4-5-21(26)22(27)14-19/h4-7,9-10,14,16,20H,8,11-13,15,17H2,1-3H3. The van der Waals surface area contributed by atoms with Crippen molar-refractivity contribution in [1.82, 2.24) is 14.8 Å². The second-order valence-electron chi connectivity index (χ2n) is 9.88. The monoisotopic (exact) mass is 500 g/mol. The molecule has 1 saturated heterocycles. The van der Waals surface area contributed by atoms with Gasteiger partial charge in [-0.3, -0.25) is 14.7 Å². The van der Waals surface area contributed by atoms with Crippen molar-refractivity contribution in [3.8, 4) is 11.3 Å². The summed E-state index contributed by atoms with van der Waals surface area (Å²) in [7, 11) is -1.21. The van der Waals surface area contributed by atoms with E-state index in [4.69, 9.17) is 21.4 Å². The summed E-state index contributed by atoms with van der Waals surface area (Å²) < 4.78 is 21.7. The molecule has 0 bridgehead atoms. The van der Waals surface area contributed by atoms with E-state index in [1.54, 1.807) is 34.1 Å². The molecule has 9 heteroatoms. The Morgan fingerprint density at radius 3 is 2.62 bits per heavy atom. The fourth-order valence-electron chi connectivity index (χ4n) is 4.04. The average Bonchev–Trinajstić information content (AvgIpc) is 3.22. The lowest BCUT2D eigenvalue weighted by Crippen LogP contribution is -2.39. The first kappa shape index (κ1) is 24.6. The Balaban J connectivity index is 1.53. The van der Waals surface area contributed by atoms with Gasteiger partial charge in [0.05, 0.1) is 10.7 Å². The smallest absolute Gasteiger partial charge is 0.228 e. The molecule has 3 aromatic rings. The minimum Gasteiger partial charge on any atom is -0.359 e. The Morgan fingerprint density at radius 2 is 1.94 bits per heavy atom. The molecule has 0 aliphatic carbocycles. The fraction of sp³-hybridized carbons (Fsp3) is 0.400. The second kappa shape index (κ2) is 10.4. The van der Waals surface area contributed by atoms with Crippen LogP contribution in [0.25, 0.3) is 11.3 Å². The van der Waals surface area contributed by atoms with Crippen LogP contribution >= 0.6 is 11.6 Å². The van der Waals surface area contributed by atoms with E-state index in [2.05, 4.69) is 24.6 Å². The zero-order valence-electron chi connectivity index (χ0n) is 19.8. The van der Waals surface area contributed by atoms with E-state index in [1.165, 1.54) is 6.07 Å². The van der Waals surface area contributed by atoms with Gasteiger partial charge >= 0.3 is 0 Å². The molecule has 0 saturated carbocycles. The number of aromatic nitrogens is 3. The van der Waals surface area contributed by atoms with Crippen LogP contribution in [-0.2, 0) is 16.3 Å². The van der Waals surface area contributed by atoms with Gasteiger partial charge < -0.3 is 4.74 Å². The molecule has 1 amide bonds. The molecule has 1 atom stereocenters.